The molecule has 2 aliphatic heterocycles. The van der Waals surface area contributed by atoms with Gasteiger partial charge in [0, 0.05) is 30.3 Å². The Labute approximate surface area is 190 Å². The van der Waals surface area contributed by atoms with Gasteiger partial charge in [-0.15, -0.1) is 0 Å². The molecule has 0 aromatic heterocycles. The number of nitrogens with zero attached hydrogens (tertiary/aromatic N) is 1. The Kier molecular flexibility index (Phi) is 9.61. The van der Waals surface area contributed by atoms with Crippen molar-refractivity contribution in [3.63, 3.8) is 0 Å². The van der Waals surface area contributed by atoms with E-state index in [0.29, 0.717) is 47.4 Å². The average Bonchev–Trinajstić information content (AvgIpc) is 2.92. The minimum absolute atomic E-state index is 0.131. The highest BCUT2D eigenvalue weighted by atomic mass is 35.5. The molecule has 2 bridgehead atoms. The van der Waals surface area contributed by atoms with Crippen molar-refractivity contribution in [1.29, 1.82) is 0 Å². The SMILES string of the molecule is CCOC(=O)CN1C2CCC1CC(Oc1ccc(Cl)c(Cl)c1)C2.O=C(O)/C=C/C(=O)O. The second-order valence-corrected chi connectivity index (χ2v) is 7.97. The highest BCUT2D eigenvalue weighted by Gasteiger charge is 2.42. The van der Waals surface area contributed by atoms with Crippen LogP contribution in [0.5, 0.6) is 5.75 Å². The molecule has 1 aromatic carbocycles. The maximum Gasteiger partial charge on any atom is 0.328 e. The predicted molar refractivity (Wildman–Crippen MR) is 115 cm³/mol. The lowest BCUT2D eigenvalue weighted by molar-refractivity contribution is -0.146. The van der Waals surface area contributed by atoms with Gasteiger partial charge < -0.3 is 19.7 Å². The zero-order chi connectivity index (χ0) is 23.0. The summed E-state index contributed by atoms with van der Waals surface area (Å²) in [5.74, 6) is -1.89. The summed E-state index contributed by atoms with van der Waals surface area (Å²) < 4.78 is 11.2. The van der Waals surface area contributed by atoms with Gasteiger partial charge in [0.1, 0.15) is 11.9 Å². The zero-order valence-corrected chi connectivity index (χ0v) is 18.5. The number of hydrogen-bond acceptors (Lipinski definition) is 6. The first-order valence-electron chi connectivity index (χ1n) is 9.86. The molecule has 1 aromatic rings. The lowest BCUT2D eigenvalue weighted by atomic mass is 9.99. The van der Waals surface area contributed by atoms with E-state index < -0.39 is 11.9 Å². The van der Waals surface area contributed by atoms with Gasteiger partial charge in [0.2, 0.25) is 0 Å². The van der Waals surface area contributed by atoms with Crippen LogP contribution < -0.4 is 4.74 Å². The molecule has 31 heavy (non-hydrogen) atoms. The molecule has 2 saturated heterocycles. The van der Waals surface area contributed by atoms with Crippen molar-refractivity contribution in [1.82, 2.24) is 4.90 Å². The molecule has 0 spiro atoms. The van der Waals surface area contributed by atoms with Crippen LogP contribution in [-0.2, 0) is 19.1 Å². The molecule has 10 heteroatoms. The summed E-state index contributed by atoms with van der Waals surface area (Å²) in [4.78, 5) is 33.1. The summed E-state index contributed by atoms with van der Waals surface area (Å²) in [6.07, 6.45) is 5.36. The number of hydrogen-bond donors (Lipinski definition) is 2. The summed E-state index contributed by atoms with van der Waals surface area (Å²) in [5, 5.41) is 16.7. The highest BCUT2D eigenvalue weighted by Crippen LogP contribution is 2.37. The number of halogens is 2. The van der Waals surface area contributed by atoms with Crippen molar-refractivity contribution in [2.24, 2.45) is 0 Å². The number of fused-ring (bicyclic) bond motifs is 2. The average molecular weight is 474 g/mol. The van der Waals surface area contributed by atoms with Crippen LogP contribution in [0.4, 0.5) is 0 Å². The number of carboxylic acids is 2. The van der Waals surface area contributed by atoms with E-state index in [-0.39, 0.29) is 12.1 Å². The minimum Gasteiger partial charge on any atom is -0.490 e. The molecule has 8 nitrogen and oxygen atoms in total. The molecule has 2 atom stereocenters. The van der Waals surface area contributed by atoms with Crippen LogP contribution in [0, 0.1) is 0 Å². The standard InChI is InChI=1S/C17H21Cl2NO3.C4H4O4/c1-2-22-17(21)10-20-11-3-4-12(20)8-14(7-11)23-13-5-6-15(18)16(19)9-13;5-3(6)1-2-4(7)8/h5-6,9,11-12,14H,2-4,7-8,10H2,1H3;1-2H,(H,5,6)(H,7,8)/b;2-1+. The molecular formula is C21H25Cl2NO7. The number of esters is 1. The zero-order valence-electron chi connectivity index (χ0n) is 17.0. The van der Waals surface area contributed by atoms with Gasteiger partial charge >= 0.3 is 17.9 Å². The van der Waals surface area contributed by atoms with Gasteiger partial charge in [-0.2, -0.15) is 0 Å². The molecule has 2 fully saturated rings. The summed E-state index contributed by atoms with van der Waals surface area (Å²) >= 11 is 12.0. The fraction of sp³-hybridized carbons (Fsp3) is 0.476. The number of piperidine rings is 1. The van der Waals surface area contributed by atoms with Crippen molar-refractivity contribution in [3.05, 3.63) is 40.4 Å². The van der Waals surface area contributed by atoms with Crippen LogP contribution in [0.1, 0.15) is 32.6 Å². The third kappa shape index (κ3) is 8.05. The number of carbonyl (C=O) groups is 3. The summed E-state index contributed by atoms with van der Waals surface area (Å²) in [6.45, 7) is 2.66. The summed E-state index contributed by atoms with van der Waals surface area (Å²) in [6, 6.07) is 6.15. The molecule has 2 heterocycles. The van der Waals surface area contributed by atoms with E-state index in [1.807, 2.05) is 13.0 Å². The third-order valence-electron chi connectivity index (χ3n) is 5.02. The number of carboxylic acid groups (broad SMARTS) is 2. The Balaban J connectivity index is 0.000000366. The van der Waals surface area contributed by atoms with Crippen LogP contribution in [0.15, 0.2) is 30.4 Å². The molecule has 0 aliphatic carbocycles. The largest absolute Gasteiger partial charge is 0.490 e. The van der Waals surface area contributed by atoms with Crippen LogP contribution in [0.25, 0.3) is 0 Å². The molecule has 2 unspecified atom stereocenters. The number of carbonyl (C=O) groups excluding carboxylic acids is 1. The van der Waals surface area contributed by atoms with Gasteiger partial charge in [-0.1, -0.05) is 23.2 Å². The van der Waals surface area contributed by atoms with E-state index in [1.165, 1.54) is 0 Å². The predicted octanol–water partition coefficient (Wildman–Crippen LogP) is 3.64. The first kappa shape index (κ1) is 25.0. The summed E-state index contributed by atoms with van der Waals surface area (Å²) in [5.41, 5.74) is 0. The van der Waals surface area contributed by atoms with Gasteiger partial charge in [0.25, 0.3) is 0 Å². The van der Waals surface area contributed by atoms with E-state index in [2.05, 4.69) is 4.90 Å². The molecule has 3 rings (SSSR count). The van der Waals surface area contributed by atoms with Crippen molar-refractivity contribution >= 4 is 41.1 Å². The molecule has 2 aliphatic rings. The molecule has 170 valence electrons. The topological polar surface area (TPSA) is 113 Å². The highest BCUT2D eigenvalue weighted by molar-refractivity contribution is 6.42. The Bertz CT molecular complexity index is 800. The quantitative estimate of drug-likeness (QED) is 0.455. The fourth-order valence-corrected chi connectivity index (χ4v) is 4.11. The first-order chi connectivity index (χ1) is 14.7. The maximum atomic E-state index is 11.7. The minimum atomic E-state index is -1.26. The third-order valence-corrected chi connectivity index (χ3v) is 5.76. The lowest BCUT2D eigenvalue weighted by Crippen LogP contribution is -2.48. The molecule has 2 N–H and O–H groups in total. The van der Waals surface area contributed by atoms with E-state index in [9.17, 15) is 14.4 Å². The van der Waals surface area contributed by atoms with Gasteiger partial charge in [0.15, 0.2) is 0 Å². The Morgan fingerprint density at radius 1 is 1.06 bits per heavy atom. The maximum absolute atomic E-state index is 11.7. The Morgan fingerprint density at radius 2 is 1.65 bits per heavy atom. The molecule has 0 radical (unpaired) electrons. The van der Waals surface area contributed by atoms with Gasteiger partial charge in [-0.05, 0) is 44.7 Å². The number of benzene rings is 1. The monoisotopic (exact) mass is 473 g/mol. The van der Waals surface area contributed by atoms with Crippen LogP contribution in [-0.4, -0.2) is 64.4 Å². The first-order valence-corrected chi connectivity index (χ1v) is 10.6. The summed E-state index contributed by atoms with van der Waals surface area (Å²) in [7, 11) is 0. The van der Waals surface area contributed by atoms with Crippen LogP contribution in [0.2, 0.25) is 10.0 Å². The van der Waals surface area contributed by atoms with E-state index in [4.69, 9.17) is 42.9 Å². The normalized spacial score (nSPS) is 22.5. The van der Waals surface area contributed by atoms with E-state index in [1.54, 1.807) is 12.1 Å². The number of rotatable bonds is 7. The molecule has 0 saturated carbocycles. The number of ether oxygens (including phenoxy) is 2. The van der Waals surface area contributed by atoms with Crippen molar-refractivity contribution in [2.75, 3.05) is 13.2 Å². The Hall–Kier alpha value is -2.29. The van der Waals surface area contributed by atoms with Crippen LogP contribution in [0.3, 0.4) is 0 Å². The lowest BCUT2D eigenvalue weighted by Gasteiger charge is -2.38. The smallest absolute Gasteiger partial charge is 0.328 e. The van der Waals surface area contributed by atoms with E-state index in [0.717, 1.165) is 31.4 Å². The Morgan fingerprint density at radius 3 is 2.13 bits per heavy atom. The fourth-order valence-electron chi connectivity index (χ4n) is 3.82. The molecular weight excluding hydrogens is 449 g/mol. The molecule has 0 amide bonds. The van der Waals surface area contributed by atoms with E-state index >= 15 is 0 Å². The van der Waals surface area contributed by atoms with Crippen molar-refractivity contribution < 1.29 is 34.1 Å². The number of aliphatic carboxylic acids is 2. The van der Waals surface area contributed by atoms with Gasteiger partial charge in [0.05, 0.1) is 23.2 Å². The van der Waals surface area contributed by atoms with Crippen LogP contribution >= 0.6 is 23.2 Å². The van der Waals surface area contributed by atoms with Crippen molar-refractivity contribution in [3.8, 4) is 5.75 Å². The van der Waals surface area contributed by atoms with Gasteiger partial charge in [-0.25, -0.2) is 9.59 Å². The second kappa shape index (κ2) is 11.9. The second-order valence-electron chi connectivity index (χ2n) is 7.16. The van der Waals surface area contributed by atoms with Gasteiger partial charge in [-0.3, -0.25) is 9.69 Å². The van der Waals surface area contributed by atoms with Crippen molar-refractivity contribution in [2.45, 2.75) is 50.8 Å².